The average Bonchev–Trinajstić information content (AvgIpc) is 2.67. The third kappa shape index (κ3) is 2.99. The zero-order valence-corrected chi connectivity index (χ0v) is 13.2. The lowest BCUT2D eigenvalue weighted by molar-refractivity contribution is -0.0223. The molecule has 1 N–H and O–H groups in total. The molecule has 7 nitrogen and oxygen atoms in total. The molecule has 3 rings (SSSR count). The number of imide groups is 1. The van der Waals surface area contributed by atoms with Crippen LogP contribution < -0.4 is 10.1 Å². The molecule has 7 heteroatoms. The van der Waals surface area contributed by atoms with E-state index in [-0.39, 0.29) is 17.8 Å². The number of benzene rings is 1. The van der Waals surface area contributed by atoms with E-state index < -0.39 is 17.4 Å². The maximum Gasteiger partial charge on any atom is 0.410 e. The summed E-state index contributed by atoms with van der Waals surface area (Å²) in [6.07, 6.45) is -0.610. The summed E-state index contributed by atoms with van der Waals surface area (Å²) < 4.78 is 11.0. The summed E-state index contributed by atoms with van der Waals surface area (Å²) in [6, 6.07) is 4.89. The minimum Gasteiger partial charge on any atom is -0.486 e. The first-order valence-electron chi connectivity index (χ1n) is 7.38. The summed E-state index contributed by atoms with van der Waals surface area (Å²) in [5.74, 6) is -0.511. The number of rotatable bonds is 2. The van der Waals surface area contributed by atoms with Gasteiger partial charge in [-0.3, -0.25) is 14.9 Å². The van der Waals surface area contributed by atoms with Gasteiger partial charge in [-0.1, -0.05) is 6.07 Å². The van der Waals surface area contributed by atoms with Gasteiger partial charge in [0.25, 0.3) is 11.8 Å². The number of fused-ring (bicyclic) bond motifs is 1. The van der Waals surface area contributed by atoms with Gasteiger partial charge in [0.1, 0.15) is 17.5 Å². The summed E-state index contributed by atoms with van der Waals surface area (Å²) in [5, 5.41) is 2.24. The van der Waals surface area contributed by atoms with E-state index in [1.807, 2.05) is 20.8 Å². The number of hydrogen-bond acceptors (Lipinski definition) is 5. The number of hydrogen-bond donors (Lipinski definition) is 1. The fourth-order valence-corrected chi connectivity index (χ4v) is 2.45. The van der Waals surface area contributed by atoms with Gasteiger partial charge in [-0.2, -0.15) is 0 Å². The lowest BCUT2D eigenvalue weighted by atomic mass is 10.1. The van der Waals surface area contributed by atoms with E-state index in [9.17, 15) is 14.4 Å². The SMILES string of the molecule is CC(C)(C)OC(=O)N1CC(Oc2cccc3c2C(=O)NC3=O)C1. The molecule has 0 aromatic heterocycles. The van der Waals surface area contributed by atoms with Gasteiger partial charge in [0.15, 0.2) is 0 Å². The van der Waals surface area contributed by atoms with Crippen LogP contribution in [0.1, 0.15) is 41.5 Å². The van der Waals surface area contributed by atoms with E-state index in [1.54, 1.807) is 18.2 Å². The maximum absolute atomic E-state index is 11.9. The fraction of sp³-hybridized carbons (Fsp3) is 0.438. The van der Waals surface area contributed by atoms with E-state index in [2.05, 4.69) is 5.32 Å². The second kappa shape index (κ2) is 5.26. The average molecular weight is 318 g/mol. The second-order valence-electron chi connectivity index (χ2n) is 6.59. The number of ether oxygens (including phenoxy) is 2. The van der Waals surface area contributed by atoms with Crippen molar-refractivity contribution in [2.75, 3.05) is 13.1 Å². The molecule has 2 aliphatic rings. The Kier molecular flexibility index (Phi) is 3.50. The van der Waals surface area contributed by atoms with Gasteiger partial charge in [0, 0.05) is 0 Å². The van der Waals surface area contributed by atoms with E-state index >= 15 is 0 Å². The lowest BCUT2D eigenvalue weighted by Gasteiger charge is -2.39. The molecule has 0 bridgehead atoms. The fourth-order valence-electron chi connectivity index (χ4n) is 2.45. The first-order chi connectivity index (χ1) is 10.7. The van der Waals surface area contributed by atoms with Gasteiger partial charge in [0.2, 0.25) is 0 Å². The molecular formula is C16H18N2O5. The quantitative estimate of drug-likeness (QED) is 0.837. The van der Waals surface area contributed by atoms with E-state index in [4.69, 9.17) is 9.47 Å². The smallest absolute Gasteiger partial charge is 0.410 e. The standard InChI is InChI=1S/C16H18N2O5/c1-16(2,3)23-15(21)18-7-9(8-18)22-11-6-4-5-10-12(11)14(20)17-13(10)19/h4-6,9H,7-8H2,1-3H3,(H,17,19,20). The van der Waals surface area contributed by atoms with E-state index in [0.717, 1.165) is 0 Å². The van der Waals surface area contributed by atoms with Crippen molar-refractivity contribution < 1.29 is 23.9 Å². The van der Waals surface area contributed by atoms with Crippen molar-refractivity contribution in [3.63, 3.8) is 0 Å². The summed E-state index contributed by atoms with van der Waals surface area (Å²) in [4.78, 5) is 36.8. The maximum atomic E-state index is 11.9. The monoisotopic (exact) mass is 318 g/mol. The summed E-state index contributed by atoms with van der Waals surface area (Å²) in [7, 11) is 0. The Balaban J connectivity index is 1.63. The third-order valence-corrected chi connectivity index (χ3v) is 3.52. The van der Waals surface area contributed by atoms with Crippen LogP contribution in [0.2, 0.25) is 0 Å². The Morgan fingerprint density at radius 1 is 1.22 bits per heavy atom. The number of nitrogens with zero attached hydrogens (tertiary/aromatic N) is 1. The molecule has 0 aliphatic carbocycles. The Bertz CT molecular complexity index is 686. The molecular weight excluding hydrogens is 300 g/mol. The predicted molar refractivity (Wildman–Crippen MR) is 80.5 cm³/mol. The number of carbonyl (C=O) groups excluding carboxylic acids is 3. The molecule has 3 amide bonds. The zero-order valence-electron chi connectivity index (χ0n) is 13.2. The molecule has 1 fully saturated rings. The molecule has 1 aromatic carbocycles. The minimum atomic E-state index is -0.540. The largest absolute Gasteiger partial charge is 0.486 e. The van der Waals surface area contributed by atoms with Crippen molar-refractivity contribution in [1.29, 1.82) is 0 Å². The number of carbonyl (C=O) groups is 3. The van der Waals surface area contributed by atoms with Crippen LogP contribution in [0, 0.1) is 0 Å². The van der Waals surface area contributed by atoms with Gasteiger partial charge in [-0.05, 0) is 32.9 Å². The van der Waals surface area contributed by atoms with Crippen molar-refractivity contribution in [3.05, 3.63) is 29.3 Å². The molecule has 0 radical (unpaired) electrons. The van der Waals surface area contributed by atoms with Gasteiger partial charge in [-0.15, -0.1) is 0 Å². The number of likely N-dealkylation sites (tertiary alicyclic amines) is 1. The van der Waals surface area contributed by atoms with Crippen molar-refractivity contribution in [2.45, 2.75) is 32.5 Å². The van der Waals surface area contributed by atoms with Gasteiger partial charge in [0.05, 0.1) is 24.2 Å². The van der Waals surface area contributed by atoms with E-state index in [1.165, 1.54) is 4.90 Å². The Morgan fingerprint density at radius 2 is 1.91 bits per heavy atom. The molecule has 2 aliphatic heterocycles. The predicted octanol–water partition coefficient (Wildman–Crippen LogP) is 1.57. The highest BCUT2D eigenvalue weighted by molar-refractivity contribution is 6.22. The lowest BCUT2D eigenvalue weighted by Crippen LogP contribution is -2.57. The molecule has 2 heterocycles. The topological polar surface area (TPSA) is 84.9 Å². The molecule has 0 saturated carbocycles. The molecule has 1 aromatic rings. The van der Waals surface area contributed by atoms with Crippen molar-refractivity contribution in [1.82, 2.24) is 10.2 Å². The van der Waals surface area contributed by atoms with Crippen molar-refractivity contribution in [2.24, 2.45) is 0 Å². The van der Waals surface area contributed by atoms with Crippen LogP contribution in [0.3, 0.4) is 0 Å². The summed E-state index contributed by atoms with van der Waals surface area (Å²) >= 11 is 0. The van der Waals surface area contributed by atoms with Crippen LogP contribution in [-0.2, 0) is 4.74 Å². The highest BCUT2D eigenvalue weighted by atomic mass is 16.6. The van der Waals surface area contributed by atoms with Gasteiger partial charge >= 0.3 is 6.09 Å². The molecule has 0 spiro atoms. The molecule has 122 valence electrons. The normalized spacial score (nSPS) is 17.4. The number of amides is 3. The number of nitrogens with one attached hydrogen (secondary N) is 1. The van der Waals surface area contributed by atoms with Crippen molar-refractivity contribution in [3.8, 4) is 5.75 Å². The third-order valence-electron chi connectivity index (χ3n) is 3.52. The molecule has 23 heavy (non-hydrogen) atoms. The second-order valence-corrected chi connectivity index (χ2v) is 6.59. The summed E-state index contributed by atoms with van der Waals surface area (Å²) in [5.41, 5.74) is 0.0332. The van der Waals surface area contributed by atoms with Crippen LogP contribution >= 0.6 is 0 Å². The highest BCUT2D eigenvalue weighted by Crippen LogP contribution is 2.29. The summed E-state index contributed by atoms with van der Waals surface area (Å²) in [6.45, 7) is 6.19. The van der Waals surface area contributed by atoms with Gasteiger partial charge in [-0.25, -0.2) is 4.79 Å². The Hall–Kier alpha value is -2.57. The van der Waals surface area contributed by atoms with Crippen molar-refractivity contribution >= 4 is 17.9 Å². The van der Waals surface area contributed by atoms with Crippen LogP contribution in [0.4, 0.5) is 4.79 Å². The highest BCUT2D eigenvalue weighted by Gasteiger charge is 2.37. The Morgan fingerprint density at radius 3 is 2.57 bits per heavy atom. The van der Waals surface area contributed by atoms with Crippen LogP contribution in [0.15, 0.2) is 18.2 Å². The van der Waals surface area contributed by atoms with Crippen LogP contribution in [0.25, 0.3) is 0 Å². The first kappa shape index (κ1) is 15.3. The first-order valence-corrected chi connectivity index (χ1v) is 7.38. The van der Waals surface area contributed by atoms with E-state index in [0.29, 0.717) is 24.4 Å². The Labute approximate surface area is 133 Å². The molecule has 1 saturated heterocycles. The molecule has 0 atom stereocenters. The zero-order chi connectivity index (χ0) is 16.8. The minimum absolute atomic E-state index is 0.225. The van der Waals surface area contributed by atoms with Crippen LogP contribution in [0.5, 0.6) is 5.75 Å². The van der Waals surface area contributed by atoms with Gasteiger partial charge < -0.3 is 14.4 Å². The molecule has 0 unspecified atom stereocenters. The van der Waals surface area contributed by atoms with Crippen LogP contribution in [-0.4, -0.2) is 47.6 Å².